The normalized spacial score (nSPS) is 28.4. The van der Waals surface area contributed by atoms with Gasteiger partial charge in [0.15, 0.2) is 0 Å². The van der Waals surface area contributed by atoms with E-state index in [9.17, 15) is 17.6 Å². The van der Waals surface area contributed by atoms with Crippen molar-refractivity contribution in [3.05, 3.63) is 12.2 Å². The Hall–Kier alpha value is -0.540. The summed E-state index contributed by atoms with van der Waals surface area (Å²) in [6.45, 7) is 0. The van der Waals surface area contributed by atoms with Gasteiger partial charge in [-0.05, 0) is 6.08 Å². The molecule has 0 saturated carbocycles. The van der Waals surface area contributed by atoms with Gasteiger partial charge in [0.05, 0.1) is 6.42 Å². The van der Waals surface area contributed by atoms with Crippen LogP contribution in [0.15, 0.2) is 12.2 Å². The molecular formula is C6H6F4. The Morgan fingerprint density at radius 2 is 1.70 bits per heavy atom. The Morgan fingerprint density at radius 1 is 1.10 bits per heavy atom. The van der Waals surface area contributed by atoms with Crippen molar-refractivity contribution in [1.82, 2.24) is 0 Å². The van der Waals surface area contributed by atoms with Gasteiger partial charge in [-0.1, -0.05) is 6.08 Å². The summed E-state index contributed by atoms with van der Waals surface area (Å²) in [6, 6.07) is 0. The van der Waals surface area contributed by atoms with E-state index in [-0.39, 0.29) is 0 Å². The minimum absolute atomic E-state index is 0.532. The maximum absolute atomic E-state index is 12.2. The topological polar surface area (TPSA) is 0 Å². The summed E-state index contributed by atoms with van der Waals surface area (Å²) in [5, 5.41) is 0. The van der Waals surface area contributed by atoms with E-state index in [0.717, 1.165) is 6.08 Å². The van der Waals surface area contributed by atoms with Crippen LogP contribution in [0.1, 0.15) is 12.8 Å². The molecule has 0 spiro atoms. The Balaban J connectivity index is 2.73. The third-order valence-corrected chi connectivity index (χ3v) is 1.27. The summed E-state index contributed by atoms with van der Waals surface area (Å²) >= 11 is 0. The second-order valence-electron chi connectivity index (χ2n) is 2.40. The van der Waals surface area contributed by atoms with Crippen LogP contribution in [0, 0.1) is 0 Å². The summed E-state index contributed by atoms with van der Waals surface area (Å²) in [4.78, 5) is 0. The smallest absolute Gasteiger partial charge is 0.206 e. The predicted molar refractivity (Wildman–Crippen MR) is 28.3 cm³/mol. The Labute approximate surface area is 55.5 Å². The molecule has 0 nitrogen and oxygen atoms in total. The first-order chi connectivity index (χ1) is 4.41. The van der Waals surface area contributed by atoms with Crippen LogP contribution in [0.4, 0.5) is 17.6 Å². The zero-order chi connectivity index (χ0) is 7.83. The number of hydrogen-bond acceptors (Lipinski definition) is 0. The van der Waals surface area contributed by atoms with Gasteiger partial charge >= 0.3 is 0 Å². The molecule has 0 bridgehead atoms. The van der Waals surface area contributed by atoms with Crippen LogP contribution in [0.25, 0.3) is 0 Å². The molecule has 4 heteroatoms. The lowest BCUT2D eigenvalue weighted by atomic mass is 10.0. The number of hydrogen-bond donors (Lipinski definition) is 0. The third-order valence-electron chi connectivity index (χ3n) is 1.27. The van der Waals surface area contributed by atoms with Gasteiger partial charge in [-0.15, -0.1) is 0 Å². The van der Waals surface area contributed by atoms with E-state index >= 15 is 0 Å². The molecule has 1 aliphatic carbocycles. The highest BCUT2D eigenvalue weighted by atomic mass is 19.3. The van der Waals surface area contributed by atoms with Crippen molar-refractivity contribution in [2.75, 3.05) is 0 Å². The lowest BCUT2D eigenvalue weighted by Gasteiger charge is -2.23. The molecule has 0 amide bonds. The number of alkyl halides is 4. The van der Waals surface area contributed by atoms with Gasteiger partial charge in [-0.25, -0.2) is 17.6 Å². The summed E-state index contributed by atoms with van der Waals surface area (Å²) in [6.07, 6.45) is -0.563. The van der Waals surface area contributed by atoms with Crippen LogP contribution in [-0.2, 0) is 0 Å². The molecule has 0 heterocycles. The average molecular weight is 154 g/mol. The van der Waals surface area contributed by atoms with E-state index in [1.54, 1.807) is 0 Å². The van der Waals surface area contributed by atoms with Crippen LogP contribution < -0.4 is 0 Å². The monoisotopic (exact) mass is 154 g/mol. The van der Waals surface area contributed by atoms with Crippen molar-refractivity contribution >= 4 is 0 Å². The zero-order valence-corrected chi connectivity index (χ0v) is 5.08. The van der Waals surface area contributed by atoms with Crippen LogP contribution in [0.5, 0.6) is 0 Å². The number of allylic oxidation sites excluding steroid dienone is 2. The molecule has 0 radical (unpaired) electrons. The number of halogens is 4. The summed E-state index contributed by atoms with van der Waals surface area (Å²) in [7, 11) is 0. The second kappa shape index (κ2) is 1.97. The predicted octanol–water partition coefficient (Wildman–Crippen LogP) is 2.61. The lowest BCUT2D eigenvalue weighted by Crippen LogP contribution is -2.30. The van der Waals surface area contributed by atoms with Crippen molar-refractivity contribution in [2.24, 2.45) is 0 Å². The highest BCUT2D eigenvalue weighted by Gasteiger charge is 2.43. The Bertz CT molecular complexity index is 159. The van der Waals surface area contributed by atoms with Crippen molar-refractivity contribution in [3.8, 4) is 0 Å². The minimum Gasteiger partial charge on any atom is -0.206 e. The molecular weight excluding hydrogens is 148 g/mol. The van der Waals surface area contributed by atoms with Crippen LogP contribution in [0.3, 0.4) is 0 Å². The van der Waals surface area contributed by atoms with E-state index < -0.39 is 24.7 Å². The van der Waals surface area contributed by atoms with Gasteiger partial charge in [0.2, 0.25) is 0 Å². The molecule has 1 aliphatic rings. The molecule has 0 aromatic heterocycles. The van der Waals surface area contributed by atoms with Gasteiger partial charge in [0.1, 0.15) is 0 Å². The molecule has 10 heavy (non-hydrogen) atoms. The first-order valence-electron chi connectivity index (χ1n) is 2.85. The molecule has 0 aromatic rings. The number of rotatable bonds is 0. The van der Waals surface area contributed by atoms with E-state index in [0.29, 0.717) is 6.08 Å². The molecule has 0 atom stereocenters. The van der Waals surface area contributed by atoms with Gasteiger partial charge in [0.25, 0.3) is 11.8 Å². The molecule has 0 aliphatic heterocycles. The van der Waals surface area contributed by atoms with Gasteiger partial charge in [-0.2, -0.15) is 0 Å². The Morgan fingerprint density at radius 3 is 2.00 bits per heavy atom. The second-order valence-corrected chi connectivity index (χ2v) is 2.40. The standard InChI is InChI=1S/C6H6F4/c7-5(8)2-1-3-6(9,10)4-5/h1-2H,3-4H2. The summed E-state index contributed by atoms with van der Waals surface area (Å²) < 4.78 is 48.6. The molecule has 0 aromatic carbocycles. The lowest BCUT2D eigenvalue weighted by molar-refractivity contribution is -0.0921. The molecule has 1 rings (SSSR count). The fourth-order valence-electron chi connectivity index (χ4n) is 0.880. The minimum atomic E-state index is -3.32. The average Bonchev–Trinajstić information content (AvgIpc) is 1.56. The fraction of sp³-hybridized carbons (Fsp3) is 0.667. The maximum Gasteiger partial charge on any atom is 0.272 e. The SMILES string of the molecule is FC1(F)C=CCC(F)(F)C1. The first-order valence-corrected chi connectivity index (χ1v) is 2.85. The highest BCUT2D eigenvalue weighted by Crippen LogP contribution is 2.37. The van der Waals surface area contributed by atoms with Crippen molar-refractivity contribution < 1.29 is 17.6 Å². The summed E-state index contributed by atoms with van der Waals surface area (Å²) in [5.41, 5.74) is 0. The molecule has 0 N–H and O–H groups in total. The van der Waals surface area contributed by atoms with Crippen LogP contribution in [0.2, 0.25) is 0 Å². The first kappa shape index (κ1) is 7.57. The molecule has 0 fully saturated rings. The fourth-order valence-corrected chi connectivity index (χ4v) is 0.880. The molecule has 58 valence electrons. The van der Waals surface area contributed by atoms with E-state index in [1.165, 1.54) is 0 Å². The van der Waals surface area contributed by atoms with E-state index in [4.69, 9.17) is 0 Å². The largest absolute Gasteiger partial charge is 0.272 e. The molecule has 0 unspecified atom stereocenters. The zero-order valence-electron chi connectivity index (χ0n) is 5.08. The van der Waals surface area contributed by atoms with Gasteiger partial charge in [0, 0.05) is 6.42 Å². The summed E-state index contributed by atoms with van der Waals surface area (Å²) in [5.74, 6) is -6.54. The highest BCUT2D eigenvalue weighted by molar-refractivity contribution is 5.04. The van der Waals surface area contributed by atoms with Gasteiger partial charge in [-0.3, -0.25) is 0 Å². The maximum atomic E-state index is 12.2. The van der Waals surface area contributed by atoms with Crippen molar-refractivity contribution in [2.45, 2.75) is 24.7 Å². The quantitative estimate of drug-likeness (QED) is 0.371. The van der Waals surface area contributed by atoms with Crippen molar-refractivity contribution in [1.29, 1.82) is 0 Å². The van der Waals surface area contributed by atoms with Crippen LogP contribution >= 0.6 is 0 Å². The third kappa shape index (κ3) is 1.72. The molecule has 0 saturated heterocycles. The van der Waals surface area contributed by atoms with E-state index in [1.807, 2.05) is 0 Å². The van der Waals surface area contributed by atoms with E-state index in [2.05, 4.69) is 0 Å². The van der Waals surface area contributed by atoms with Crippen LogP contribution in [-0.4, -0.2) is 11.8 Å². The van der Waals surface area contributed by atoms with Crippen molar-refractivity contribution in [3.63, 3.8) is 0 Å². The van der Waals surface area contributed by atoms with Gasteiger partial charge < -0.3 is 0 Å². The Kier molecular flexibility index (Phi) is 1.49.